The van der Waals surface area contributed by atoms with Crippen LogP contribution in [0.1, 0.15) is 65.4 Å². The van der Waals surface area contributed by atoms with Crippen LogP contribution in [0.25, 0.3) is 0 Å². The zero-order chi connectivity index (χ0) is 29.1. The molecule has 2 aromatic rings. The molecule has 3 amide bonds. The largest absolute Gasteiger partial charge is 0.350 e. The Balaban J connectivity index is 1.77. The van der Waals surface area contributed by atoms with E-state index >= 15 is 0 Å². The number of aromatic nitrogens is 1. The van der Waals surface area contributed by atoms with Gasteiger partial charge in [0.15, 0.2) is 6.29 Å². The Hall–Kier alpha value is -3.01. The minimum atomic E-state index is -0.835. The van der Waals surface area contributed by atoms with Gasteiger partial charge in [-0.15, -0.1) is 0 Å². The second-order valence-electron chi connectivity index (χ2n) is 11.3. The number of rotatable bonds is 13. The number of amides is 3. The molecule has 0 saturated carbocycles. The van der Waals surface area contributed by atoms with Crippen LogP contribution in [0.15, 0.2) is 48.8 Å². The van der Waals surface area contributed by atoms with E-state index < -0.39 is 29.7 Å². The number of benzene rings is 1. The average molecular weight is 573 g/mol. The first-order chi connectivity index (χ1) is 19.1. The van der Waals surface area contributed by atoms with Crippen LogP contribution in [0, 0.1) is 11.3 Å². The molecular weight excluding hydrogens is 532 g/mol. The van der Waals surface area contributed by atoms with Crippen molar-refractivity contribution in [1.82, 2.24) is 15.4 Å². The highest BCUT2D eigenvalue weighted by Gasteiger charge is 2.37. The van der Waals surface area contributed by atoms with Crippen molar-refractivity contribution >= 4 is 35.5 Å². The molecule has 1 aromatic carbocycles. The summed E-state index contributed by atoms with van der Waals surface area (Å²) < 4.78 is 5.65. The predicted octanol–water partition coefficient (Wildman–Crippen LogP) is 5.15. The van der Waals surface area contributed by atoms with E-state index in [1.807, 2.05) is 45.0 Å². The van der Waals surface area contributed by atoms with Gasteiger partial charge < -0.3 is 15.4 Å². The number of halogens is 1. The van der Waals surface area contributed by atoms with Crippen LogP contribution in [0.5, 0.6) is 0 Å². The van der Waals surface area contributed by atoms with Gasteiger partial charge in [-0.2, -0.15) is 0 Å². The third kappa shape index (κ3) is 9.57. The SMILES string of the molecule is C[C@@H]([C@@H](CCCc1ccc(Cl)cc1)C(=O)N[C@H](C(=O)Nc1cccnc1)C(C)(C)C)N(C=O)OC1CCCCO1. The molecule has 1 unspecified atom stereocenters. The number of nitrogens with zero attached hydrogens (tertiary/aromatic N) is 2. The third-order valence-corrected chi connectivity index (χ3v) is 7.29. The lowest BCUT2D eigenvalue weighted by Gasteiger charge is -2.36. The van der Waals surface area contributed by atoms with Crippen LogP contribution in [-0.2, 0) is 30.4 Å². The Morgan fingerprint density at radius 2 is 1.95 bits per heavy atom. The summed E-state index contributed by atoms with van der Waals surface area (Å²) in [5.41, 5.74) is 1.05. The highest BCUT2D eigenvalue weighted by molar-refractivity contribution is 6.30. The van der Waals surface area contributed by atoms with Crippen LogP contribution in [0.3, 0.4) is 0 Å². The van der Waals surface area contributed by atoms with Crippen molar-refractivity contribution in [3.05, 3.63) is 59.4 Å². The molecular formula is C30H41ClN4O5. The maximum atomic E-state index is 13.8. The van der Waals surface area contributed by atoms with Gasteiger partial charge in [-0.25, -0.2) is 9.90 Å². The second kappa shape index (κ2) is 15.1. The molecule has 1 saturated heterocycles. The summed E-state index contributed by atoms with van der Waals surface area (Å²) in [6.45, 7) is 8.02. The first kappa shape index (κ1) is 31.5. The smallest absolute Gasteiger partial charge is 0.247 e. The van der Waals surface area contributed by atoms with Crippen molar-refractivity contribution in [3.8, 4) is 0 Å². The third-order valence-electron chi connectivity index (χ3n) is 7.04. The molecule has 10 heteroatoms. The van der Waals surface area contributed by atoms with Gasteiger partial charge in [-0.1, -0.05) is 44.5 Å². The number of nitrogens with one attached hydrogen (secondary N) is 2. The van der Waals surface area contributed by atoms with Crippen LogP contribution in [0.4, 0.5) is 5.69 Å². The van der Waals surface area contributed by atoms with Gasteiger partial charge in [0.1, 0.15) is 6.04 Å². The normalized spacial score (nSPS) is 17.8. The number of hydrogen-bond donors (Lipinski definition) is 2. The molecule has 0 radical (unpaired) electrons. The fraction of sp³-hybridized carbons (Fsp3) is 0.533. The van der Waals surface area contributed by atoms with Crippen molar-refractivity contribution in [2.45, 2.75) is 84.6 Å². The Bertz CT molecular complexity index is 1090. The summed E-state index contributed by atoms with van der Waals surface area (Å²) >= 11 is 6.02. The summed E-state index contributed by atoms with van der Waals surface area (Å²) in [5, 5.41) is 7.67. The van der Waals surface area contributed by atoms with E-state index in [0.29, 0.717) is 43.0 Å². The Labute approximate surface area is 241 Å². The van der Waals surface area contributed by atoms with E-state index in [1.165, 1.54) is 5.06 Å². The minimum absolute atomic E-state index is 0.329. The lowest BCUT2D eigenvalue weighted by Crippen LogP contribution is -2.55. The van der Waals surface area contributed by atoms with Gasteiger partial charge in [0.2, 0.25) is 18.2 Å². The highest BCUT2D eigenvalue weighted by Crippen LogP contribution is 2.25. The van der Waals surface area contributed by atoms with E-state index in [1.54, 1.807) is 31.5 Å². The number of ether oxygens (including phenoxy) is 1. The van der Waals surface area contributed by atoms with Crippen LogP contribution >= 0.6 is 11.6 Å². The summed E-state index contributed by atoms with van der Waals surface area (Å²) in [4.78, 5) is 49.2. The summed E-state index contributed by atoms with van der Waals surface area (Å²) in [6.07, 6.45) is 7.66. The average Bonchev–Trinajstić information content (AvgIpc) is 2.93. The van der Waals surface area contributed by atoms with Crippen LogP contribution in [-0.4, -0.2) is 53.3 Å². The van der Waals surface area contributed by atoms with E-state index in [4.69, 9.17) is 21.2 Å². The van der Waals surface area contributed by atoms with Gasteiger partial charge in [0.25, 0.3) is 0 Å². The molecule has 4 atom stereocenters. The molecule has 9 nitrogen and oxygen atoms in total. The molecule has 218 valence electrons. The van der Waals surface area contributed by atoms with Crippen molar-refractivity contribution in [1.29, 1.82) is 0 Å². The van der Waals surface area contributed by atoms with Gasteiger partial charge in [-0.3, -0.25) is 19.4 Å². The molecule has 2 N–H and O–H groups in total. The van der Waals surface area contributed by atoms with Gasteiger partial charge in [-0.05, 0) is 74.3 Å². The van der Waals surface area contributed by atoms with E-state index in [2.05, 4.69) is 15.6 Å². The van der Waals surface area contributed by atoms with Crippen molar-refractivity contribution in [2.24, 2.45) is 11.3 Å². The number of hydroxylamine groups is 2. The van der Waals surface area contributed by atoms with Crippen LogP contribution < -0.4 is 10.6 Å². The van der Waals surface area contributed by atoms with Crippen molar-refractivity contribution < 1.29 is 24.0 Å². The molecule has 1 aliphatic rings. The van der Waals surface area contributed by atoms with E-state index in [9.17, 15) is 14.4 Å². The number of carbonyl (C=O) groups excluding carboxylic acids is 3. The Morgan fingerprint density at radius 3 is 2.55 bits per heavy atom. The standard InChI is InChI=1S/C30H41ClN4O5/c1-21(35(20-36)40-26-12-5-6-18-39-26)25(11-7-9-22-13-15-23(31)16-14-22)28(37)34-27(30(2,3)4)29(38)33-24-10-8-17-32-19-24/h8,10,13-17,19-21,25-27H,5-7,9,11-12,18H2,1-4H3,(H,33,38)(H,34,37)/t21-,25+,26?,27+/m0/s1. The quantitative estimate of drug-likeness (QED) is 0.254. The molecule has 1 aromatic heterocycles. The first-order valence-corrected chi connectivity index (χ1v) is 14.2. The number of anilines is 1. The topological polar surface area (TPSA) is 110 Å². The lowest BCUT2D eigenvalue weighted by molar-refractivity contribution is -0.287. The van der Waals surface area contributed by atoms with Crippen molar-refractivity contribution in [2.75, 3.05) is 11.9 Å². The van der Waals surface area contributed by atoms with Gasteiger partial charge in [0.05, 0.1) is 23.8 Å². The predicted molar refractivity (Wildman–Crippen MR) is 154 cm³/mol. The molecule has 2 heterocycles. The molecule has 0 spiro atoms. The fourth-order valence-electron chi connectivity index (χ4n) is 4.67. The maximum absolute atomic E-state index is 13.8. The summed E-state index contributed by atoms with van der Waals surface area (Å²) in [6, 6.07) is 9.62. The van der Waals surface area contributed by atoms with Gasteiger partial charge >= 0.3 is 0 Å². The summed E-state index contributed by atoms with van der Waals surface area (Å²) in [7, 11) is 0. The molecule has 0 bridgehead atoms. The number of pyridine rings is 1. The molecule has 40 heavy (non-hydrogen) atoms. The molecule has 0 aliphatic carbocycles. The maximum Gasteiger partial charge on any atom is 0.247 e. The van der Waals surface area contributed by atoms with Crippen LogP contribution in [0.2, 0.25) is 5.02 Å². The second-order valence-corrected chi connectivity index (χ2v) is 11.7. The number of aryl methyl sites for hydroxylation is 1. The van der Waals surface area contributed by atoms with Gasteiger partial charge in [0, 0.05) is 24.2 Å². The molecule has 3 rings (SSSR count). The first-order valence-electron chi connectivity index (χ1n) is 13.9. The number of carbonyl (C=O) groups is 3. The monoisotopic (exact) mass is 572 g/mol. The highest BCUT2D eigenvalue weighted by atomic mass is 35.5. The Kier molecular flexibility index (Phi) is 11.9. The zero-order valence-electron chi connectivity index (χ0n) is 23.8. The number of hydrogen-bond acceptors (Lipinski definition) is 6. The minimum Gasteiger partial charge on any atom is -0.350 e. The summed E-state index contributed by atoms with van der Waals surface area (Å²) in [5.74, 6) is -1.32. The lowest BCUT2D eigenvalue weighted by atomic mass is 9.84. The molecule has 1 fully saturated rings. The Morgan fingerprint density at radius 1 is 1.20 bits per heavy atom. The van der Waals surface area contributed by atoms with Crippen molar-refractivity contribution in [3.63, 3.8) is 0 Å². The zero-order valence-corrected chi connectivity index (χ0v) is 24.5. The van der Waals surface area contributed by atoms with E-state index in [0.717, 1.165) is 24.8 Å². The molecule has 1 aliphatic heterocycles. The fourth-order valence-corrected chi connectivity index (χ4v) is 4.79. The van der Waals surface area contributed by atoms with E-state index in [-0.39, 0.29) is 11.8 Å².